The Balaban J connectivity index is 2.29. The van der Waals surface area contributed by atoms with Gasteiger partial charge in [-0.25, -0.2) is 9.97 Å². The number of aromatic nitrogens is 4. The number of thiazole rings is 1. The van der Waals surface area contributed by atoms with Crippen LogP contribution in [0.2, 0.25) is 0 Å². The molecule has 5 nitrogen and oxygen atoms in total. The summed E-state index contributed by atoms with van der Waals surface area (Å²) in [6.07, 6.45) is 3.80. The van der Waals surface area contributed by atoms with E-state index in [-0.39, 0.29) is 0 Å². The van der Waals surface area contributed by atoms with Crippen molar-refractivity contribution in [1.29, 1.82) is 0 Å². The Morgan fingerprint density at radius 2 is 2.24 bits per heavy atom. The highest BCUT2D eigenvalue weighted by Crippen LogP contribution is 2.22. The van der Waals surface area contributed by atoms with Crippen LogP contribution in [0.4, 0.5) is 0 Å². The van der Waals surface area contributed by atoms with Crippen molar-refractivity contribution >= 4 is 16.3 Å². The first-order valence-corrected chi connectivity index (χ1v) is 6.25. The first-order valence-electron chi connectivity index (χ1n) is 5.37. The summed E-state index contributed by atoms with van der Waals surface area (Å²) in [6.45, 7) is 4.49. The minimum Gasteiger partial charge on any atom is -0.325 e. The van der Waals surface area contributed by atoms with Gasteiger partial charge in [0.15, 0.2) is 10.8 Å². The topological polar surface area (TPSA) is 61.1 Å². The minimum atomic E-state index is 0.462. The van der Waals surface area contributed by atoms with Crippen molar-refractivity contribution < 1.29 is 0 Å². The normalized spacial score (nSPS) is 11.5. The highest BCUT2D eigenvalue weighted by molar-refractivity contribution is 7.15. The predicted molar refractivity (Wildman–Crippen MR) is 67.6 cm³/mol. The second-order valence-corrected chi connectivity index (χ2v) is 4.80. The molecular formula is C11H13N5S. The van der Waals surface area contributed by atoms with E-state index in [2.05, 4.69) is 9.97 Å². The quantitative estimate of drug-likeness (QED) is 0.749. The Bertz CT molecular complexity index is 675. The van der Waals surface area contributed by atoms with Crippen LogP contribution in [0.25, 0.3) is 10.8 Å². The Morgan fingerprint density at radius 1 is 1.41 bits per heavy atom. The molecule has 3 aromatic heterocycles. The van der Waals surface area contributed by atoms with Gasteiger partial charge in [0, 0.05) is 23.8 Å². The van der Waals surface area contributed by atoms with Crippen LogP contribution in [-0.2, 0) is 6.54 Å². The standard InChI is InChI=1S/C11H13N5S/c1-7-8(2)16(6-13-7)10-9(5-12)15-3-4-17-11(15)14-10/h3-4,6H,5,12H2,1-2H3. The molecule has 3 aromatic rings. The Hall–Kier alpha value is -1.66. The fraction of sp³-hybridized carbons (Fsp3) is 0.273. The number of aryl methyl sites for hydroxylation is 1. The van der Waals surface area contributed by atoms with Crippen molar-refractivity contribution in [3.63, 3.8) is 0 Å². The molecule has 0 unspecified atom stereocenters. The van der Waals surface area contributed by atoms with E-state index in [9.17, 15) is 0 Å². The lowest BCUT2D eigenvalue weighted by molar-refractivity contribution is 0.896. The van der Waals surface area contributed by atoms with E-state index >= 15 is 0 Å². The van der Waals surface area contributed by atoms with E-state index in [0.717, 1.165) is 27.9 Å². The maximum atomic E-state index is 5.82. The van der Waals surface area contributed by atoms with E-state index in [1.54, 1.807) is 17.7 Å². The lowest BCUT2D eigenvalue weighted by Gasteiger charge is -2.04. The molecule has 0 aliphatic carbocycles. The van der Waals surface area contributed by atoms with Gasteiger partial charge in [-0.2, -0.15) is 0 Å². The van der Waals surface area contributed by atoms with Crippen LogP contribution in [0.5, 0.6) is 0 Å². The Kier molecular flexibility index (Phi) is 2.27. The lowest BCUT2D eigenvalue weighted by atomic mass is 10.3. The van der Waals surface area contributed by atoms with Gasteiger partial charge in [-0.05, 0) is 13.8 Å². The smallest absolute Gasteiger partial charge is 0.195 e. The molecule has 17 heavy (non-hydrogen) atoms. The third-order valence-corrected chi connectivity index (χ3v) is 3.77. The van der Waals surface area contributed by atoms with Gasteiger partial charge in [-0.1, -0.05) is 0 Å². The van der Waals surface area contributed by atoms with Gasteiger partial charge < -0.3 is 5.73 Å². The van der Waals surface area contributed by atoms with E-state index in [1.165, 1.54) is 0 Å². The summed E-state index contributed by atoms with van der Waals surface area (Å²) in [5.74, 6) is 0.887. The molecule has 0 spiro atoms. The summed E-state index contributed by atoms with van der Waals surface area (Å²) in [5.41, 5.74) is 8.96. The van der Waals surface area contributed by atoms with E-state index in [0.29, 0.717) is 6.54 Å². The maximum Gasteiger partial charge on any atom is 0.195 e. The van der Waals surface area contributed by atoms with Gasteiger partial charge in [-0.15, -0.1) is 11.3 Å². The highest BCUT2D eigenvalue weighted by Gasteiger charge is 2.15. The molecule has 0 amide bonds. The number of imidazole rings is 2. The van der Waals surface area contributed by atoms with Crippen LogP contribution in [0.15, 0.2) is 17.9 Å². The molecule has 0 atom stereocenters. The Morgan fingerprint density at radius 3 is 2.88 bits per heavy atom. The lowest BCUT2D eigenvalue weighted by Crippen LogP contribution is -2.06. The molecule has 0 aliphatic heterocycles. The molecule has 3 rings (SSSR count). The summed E-state index contributed by atoms with van der Waals surface area (Å²) in [5, 5.41) is 2.01. The fourth-order valence-electron chi connectivity index (χ4n) is 1.92. The number of hydrogen-bond acceptors (Lipinski definition) is 4. The second-order valence-electron chi connectivity index (χ2n) is 3.93. The van der Waals surface area contributed by atoms with Crippen LogP contribution in [0.3, 0.4) is 0 Å². The number of rotatable bonds is 2. The van der Waals surface area contributed by atoms with Crippen molar-refractivity contribution in [2.45, 2.75) is 20.4 Å². The summed E-state index contributed by atoms with van der Waals surface area (Å²) in [4.78, 5) is 9.88. The molecule has 0 aliphatic rings. The fourth-order valence-corrected chi connectivity index (χ4v) is 2.64. The molecule has 0 saturated heterocycles. The van der Waals surface area contributed by atoms with Gasteiger partial charge in [-0.3, -0.25) is 8.97 Å². The second kappa shape index (κ2) is 3.68. The van der Waals surface area contributed by atoms with Crippen molar-refractivity contribution in [1.82, 2.24) is 18.9 Å². The molecule has 88 valence electrons. The van der Waals surface area contributed by atoms with Gasteiger partial charge in [0.05, 0.1) is 11.4 Å². The van der Waals surface area contributed by atoms with Crippen LogP contribution in [0.1, 0.15) is 17.1 Å². The van der Waals surface area contributed by atoms with E-state index in [1.807, 2.05) is 34.4 Å². The van der Waals surface area contributed by atoms with E-state index < -0.39 is 0 Å². The first-order chi connectivity index (χ1) is 8.22. The first kappa shape index (κ1) is 10.5. The average Bonchev–Trinajstić information content (AvgIpc) is 2.95. The zero-order chi connectivity index (χ0) is 12.0. The number of nitrogens with zero attached hydrogens (tertiary/aromatic N) is 4. The van der Waals surface area contributed by atoms with Gasteiger partial charge in [0.25, 0.3) is 0 Å². The van der Waals surface area contributed by atoms with Crippen LogP contribution >= 0.6 is 11.3 Å². The average molecular weight is 247 g/mol. The molecule has 0 aromatic carbocycles. The van der Waals surface area contributed by atoms with Crippen molar-refractivity contribution in [3.8, 4) is 5.82 Å². The summed E-state index contributed by atoms with van der Waals surface area (Å²) >= 11 is 1.61. The zero-order valence-corrected chi connectivity index (χ0v) is 10.5. The van der Waals surface area contributed by atoms with Crippen molar-refractivity contribution in [3.05, 3.63) is 35.0 Å². The van der Waals surface area contributed by atoms with Gasteiger partial charge >= 0.3 is 0 Å². The third-order valence-electron chi connectivity index (χ3n) is 3.01. The number of hydrogen-bond donors (Lipinski definition) is 1. The molecule has 3 heterocycles. The molecule has 6 heteroatoms. The zero-order valence-electron chi connectivity index (χ0n) is 9.71. The SMILES string of the molecule is Cc1ncn(-c2nc3sccn3c2CN)c1C. The largest absolute Gasteiger partial charge is 0.325 e. The van der Waals surface area contributed by atoms with Gasteiger partial charge in [0.1, 0.15) is 6.33 Å². The van der Waals surface area contributed by atoms with Gasteiger partial charge in [0.2, 0.25) is 0 Å². The number of nitrogens with two attached hydrogens (primary N) is 1. The summed E-state index contributed by atoms with van der Waals surface area (Å²) in [7, 11) is 0. The van der Waals surface area contributed by atoms with Crippen LogP contribution in [0, 0.1) is 13.8 Å². The molecular weight excluding hydrogens is 234 g/mol. The molecule has 0 fully saturated rings. The van der Waals surface area contributed by atoms with Crippen LogP contribution < -0.4 is 5.73 Å². The molecule has 2 N–H and O–H groups in total. The van der Waals surface area contributed by atoms with Crippen molar-refractivity contribution in [2.24, 2.45) is 5.73 Å². The maximum absolute atomic E-state index is 5.82. The van der Waals surface area contributed by atoms with Crippen LogP contribution in [-0.4, -0.2) is 18.9 Å². The van der Waals surface area contributed by atoms with Crippen molar-refractivity contribution in [2.75, 3.05) is 0 Å². The monoisotopic (exact) mass is 247 g/mol. The molecule has 0 saturated carbocycles. The minimum absolute atomic E-state index is 0.462. The molecule has 0 radical (unpaired) electrons. The predicted octanol–water partition coefficient (Wildman–Crippen LogP) is 1.66. The van der Waals surface area contributed by atoms with E-state index in [4.69, 9.17) is 5.73 Å². The number of fused-ring (bicyclic) bond motifs is 1. The molecule has 0 bridgehead atoms. The third kappa shape index (κ3) is 1.41. The highest BCUT2D eigenvalue weighted by atomic mass is 32.1. The Labute approximate surface area is 103 Å². The summed E-state index contributed by atoms with van der Waals surface area (Å²) in [6, 6.07) is 0. The summed E-state index contributed by atoms with van der Waals surface area (Å²) < 4.78 is 4.03.